The van der Waals surface area contributed by atoms with E-state index in [1.165, 1.54) is 45.9 Å². The lowest BCUT2D eigenvalue weighted by molar-refractivity contribution is 0.313. The second kappa shape index (κ2) is 7.57. The fourth-order valence-corrected chi connectivity index (χ4v) is 5.22. The molecule has 0 amide bonds. The number of anilines is 3. The van der Waals surface area contributed by atoms with Crippen LogP contribution in [-0.4, -0.2) is 48.1 Å². The van der Waals surface area contributed by atoms with Gasteiger partial charge in [0.15, 0.2) is 0 Å². The van der Waals surface area contributed by atoms with Gasteiger partial charge in [-0.25, -0.2) is 4.98 Å². The summed E-state index contributed by atoms with van der Waals surface area (Å²) in [5.41, 5.74) is 7.59. The number of nitrogens with one attached hydrogen (secondary N) is 2. The Hall–Kier alpha value is -3.05. The Labute approximate surface area is 183 Å². The average molecular weight is 412 g/mol. The summed E-state index contributed by atoms with van der Waals surface area (Å²) in [6, 6.07) is 15.4. The summed E-state index contributed by atoms with van der Waals surface area (Å²) in [5, 5.41) is 6.29. The van der Waals surface area contributed by atoms with Gasteiger partial charge in [-0.05, 0) is 86.3 Å². The van der Waals surface area contributed by atoms with Gasteiger partial charge in [-0.2, -0.15) is 0 Å². The van der Waals surface area contributed by atoms with Crippen molar-refractivity contribution in [2.45, 2.75) is 25.7 Å². The summed E-state index contributed by atoms with van der Waals surface area (Å²) in [7, 11) is 2.20. The highest BCUT2D eigenvalue weighted by Gasteiger charge is 2.20. The van der Waals surface area contributed by atoms with E-state index in [-0.39, 0.29) is 0 Å². The molecule has 1 fully saturated rings. The summed E-state index contributed by atoms with van der Waals surface area (Å²) in [6.07, 6.45) is 6.76. The second-order valence-electron chi connectivity index (χ2n) is 8.99. The minimum absolute atomic E-state index is 1.03. The topological polar surface area (TPSA) is 47.2 Å². The van der Waals surface area contributed by atoms with Gasteiger partial charge in [0.2, 0.25) is 0 Å². The third-order valence-corrected chi connectivity index (χ3v) is 7.00. The summed E-state index contributed by atoms with van der Waals surface area (Å²) >= 11 is 0. The predicted octanol–water partition coefficient (Wildman–Crippen LogP) is 5.09. The van der Waals surface area contributed by atoms with Crippen LogP contribution in [0.25, 0.3) is 21.8 Å². The van der Waals surface area contributed by atoms with E-state index < -0.39 is 0 Å². The third-order valence-electron chi connectivity index (χ3n) is 7.00. The Kier molecular flexibility index (Phi) is 4.57. The van der Waals surface area contributed by atoms with Gasteiger partial charge < -0.3 is 20.1 Å². The summed E-state index contributed by atoms with van der Waals surface area (Å²) in [5.74, 6) is 1.03. The first kappa shape index (κ1) is 18.7. The van der Waals surface area contributed by atoms with E-state index in [0.29, 0.717) is 0 Å². The van der Waals surface area contributed by atoms with Crippen LogP contribution in [0, 0.1) is 0 Å². The van der Waals surface area contributed by atoms with Crippen LogP contribution in [0.2, 0.25) is 0 Å². The number of rotatable bonds is 3. The normalized spacial score (nSPS) is 17.3. The molecule has 2 aromatic carbocycles. The van der Waals surface area contributed by atoms with Crippen LogP contribution < -0.4 is 10.2 Å². The molecule has 0 bridgehead atoms. The molecule has 158 valence electrons. The van der Waals surface area contributed by atoms with Gasteiger partial charge >= 0.3 is 0 Å². The second-order valence-corrected chi connectivity index (χ2v) is 8.99. The lowest BCUT2D eigenvalue weighted by Gasteiger charge is -2.34. The van der Waals surface area contributed by atoms with Crippen LogP contribution in [0.4, 0.5) is 17.2 Å². The van der Waals surface area contributed by atoms with Gasteiger partial charge in [-0.3, -0.25) is 0 Å². The number of likely N-dealkylation sites (N-methyl/N-ethyl adjacent to an activating group) is 1. The number of H-pyrrole nitrogens is 1. The lowest BCUT2D eigenvalue weighted by Crippen LogP contribution is -2.44. The first-order valence-electron chi connectivity index (χ1n) is 11.5. The number of hydrogen-bond acceptors (Lipinski definition) is 4. The molecule has 1 aliphatic carbocycles. The molecular formula is C26H29N5. The first-order chi connectivity index (χ1) is 15.3. The Bertz CT molecular complexity index is 1230. The van der Waals surface area contributed by atoms with Crippen molar-refractivity contribution in [2.24, 2.45) is 0 Å². The van der Waals surface area contributed by atoms with Crippen molar-refractivity contribution < 1.29 is 0 Å². The van der Waals surface area contributed by atoms with Crippen molar-refractivity contribution in [3.63, 3.8) is 0 Å². The van der Waals surface area contributed by atoms with E-state index in [9.17, 15) is 0 Å². The Morgan fingerprint density at radius 1 is 0.871 bits per heavy atom. The molecule has 2 aromatic heterocycles. The number of nitrogens with zero attached hydrogens (tertiary/aromatic N) is 3. The molecule has 2 aliphatic rings. The van der Waals surface area contributed by atoms with E-state index in [1.54, 1.807) is 0 Å². The number of benzene rings is 2. The molecule has 0 atom stereocenters. The number of fused-ring (bicyclic) bond motifs is 5. The molecule has 0 unspecified atom stereocenters. The minimum Gasteiger partial charge on any atom is -0.369 e. The number of aromatic nitrogens is 2. The highest BCUT2D eigenvalue weighted by Crippen LogP contribution is 2.37. The highest BCUT2D eigenvalue weighted by molar-refractivity contribution is 6.08. The zero-order valence-electron chi connectivity index (χ0n) is 18.1. The van der Waals surface area contributed by atoms with Crippen LogP contribution in [0.1, 0.15) is 24.0 Å². The molecule has 0 saturated carbocycles. The zero-order chi connectivity index (χ0) is 20.8. The Morgan fingerprint density at radius 2 is 1.65 bits per heavy atom. The maximum absolute atomic E-state index is 5.09. The van der Waals surface area contributed by atoms with E-state index in [0.717, 1.165) is 56.0 Å². The standard InChI is InChI=1S/C26H29N5/c1-30-14-16-31(17-15-30)19-8-6-18(7-9-19)28-26-21-5-3-2-4-20(21)25-22-12-13-27-23(22)10-11-24(25)29-26/h6-13,27H,2-5,14-17H2,1H3,(H,28,29). The fourth-order valence-electron chi connectivity index (χ4n) is 5.22. The van der Waals surface area contributed by atoms with Crippen LogP contribution in [0.3, 0.4) is 0 Å². The van der Waals surface area contributed by atoms with Crippen molar-refractivity contribution in [2.75, 3.05) is 43.4 Å². The molecule has 0 spiro atoms. The maximum Gasteiger partial charge on any atom is 0.134 e. The summed E-state index contributed by atoms with van der Waals surface area (Å²) in [6.45, 7) is 4.44. The number of aromatic amines is 1. The molecule has 3 heterocycles. The minimum atomic E-state index is 1.03. The average Bonchev–Trinajstić information content (AvgIpc) is 3.29. The molecule has 1 saturated heterocycles. The molecule has 0 radical (unpaired) electrons. The first-order valence-corrected chi connectivity index (χ1v) is 11.5. The van der Waals surface area contributed by atoms with Gasteiger partial charge in [0.05, 0.1) is 5.52 Å². The quantitative estimate of drug-likeness (QED) is 0.493. The molecular weight excluding hydrogens is 382 g/mol. The van der Waals surface area contributed by atoms with Crippen LogP contribution in [0.15, 0.2) is 48.7 Å². The number of piperazine rings is 1. The third kappa shape index (κ3) is 3.33. The van der Waals surface area contributed by atoms with Crippen molar-refractivity contribution >= 4 is 39.0 Å². The van der Waals surface area contributed by atoms with E-state index in [1.807, 2.05) is 6.20 Å². The number of pyridine rings is 1. The monoisotopic (exact) mass is 411 g/mol. The maximum atomic E-state index is 5.09. The van der Waals surface area contributed by atoms with E-state index in [4.69, 9.17) is 4.98 Å². The van der Waals surface area contributed by atoms with Gasteiger partial charge in [0, 0.05) is 60.0 Å². The largest absolute Gasteiger partial charge is 0.369 e. The Morgan fingerprint density at radius 3 is 2.45 bits per heavy atom. The molecule has 4 aromatic rings. The van der Waals surface area contributed by atoms with Crippen LogP contribution in [-0.2, 0) is 12.8 Å². The summed E-state index contributed by atoms with van der Waals surface area (Å²) < 4.78 is 0. The molecule has 2 N–H and O–H groups in total. The van der Waals surface area contributed by atoms with Crippen LogP contribution in [0.5, 0.6) is 0 Å². The van der Waals surface area contributed by atoms with E-state index in [2.05, 4.69) is 69.6 Å². The number of hydrogen-bond donors (Lipinski definition) is 2. The SMILES string of the molecule is CN1CCN(c2ccc(Nc3nc4ccc5[nH]ccc5c4c4c3CCCC4)cc2)CC1. The van der Waals surface area contributed by atoms with Crippen molar-refractivity contribution in [3.05, 3.63) is 59.8 Å². The fraction of sp³-hybridized carbons (Fsp3) is 0.346. The van der Waals surface area contributed by atoms with Gasteiger partial charge in [0.1, 0.15) is 5.82 Å². The molecule has 5 heteroatoms. The molecule has 6 rings (SSSR count). The highest BCUT2D eigenvalue weighted by atomic mass is 15.2. The molecule has 31 heavy (non-hydrogen) atoms. The Balaban J connectivity index is 1.35. The van der Waals surface area contributed by atoms with Crippen molar-refractivity contribution in [3.8, 4) is 0 Å². The molecule has 1 aliphatic heterocycles. The van der Waals surface area contributed by atoms with Crippen molar-refractivity contribution in [1.82, 2.24) is 14.9 Å². The lowest BCUT2D eigenvalue weighted by atomic mass is 9.88. The van der Waals surface area contributed by atoms with Crippen molar-refractivity contribution in [1.29, 1.82) is 0 Å². The van der Waals surface area contributed by atoms with Gasteiger partial charge in [-0.1, -0.05) is 0 Å². The zero-order valence-corrected chi connectivity index (χ0v) is 18.1. The van der Waals surface area contributed by atoms with Gasteiger partial charge in [-0.15, -0.1) is 0 Å². The predicted molar refractivity (Wildman–Crippen MR) is 130 cm³/mol. The van der Waals surface area contributed by atoms with E-state index >= 15 is 0 Å². The molecule has 5 nitrogen and oxygen atoms in total. The smallest absolute Gasteiger partial charge is 0.134 e. The summed E-state index contributed by atoms with van der Waals surface area (Å²) in [4.78, 5) is 13.3. The van der Waals surface area contributed by atoms with Gasteiger partial charge in [0.25, 0.3) is 0 Å². The number of aryl methyl sites for hydroxylation is 1. The van der Waals surface area contributed by atoms with Crippen LogP contribution >= 0.6 is 0 Å².